The fraction of sp³-hybridized carbons (Fsp3) is 0.385. The van der Waals surface area contributed by atoms with E-state index in [4.69, 9.17) is 11.6 Å². The SMILES string of the molecule is CCN(CCCl)Cc1csc2ccc(F)cc12.Cl. The normalized spacial score (nSPS) is 10.9. The summed E-state index contributed by atoms with van der Waals surface area (Å²) in [5.74, 6) is 0.460. The van der Waals surface area contributed by atoms with E-state index >= 15 is 0 Å². The number of fused-ring (bicyclic) bond motifs is 1. The monoisotopic (exact) mass is 307 g/mol. The molecule has 1 aromatic carbocycles. The zero-order valence-electron chi connectivity index (χ0n) is 10.2. The number of alkyl halides is 1. The predicted molar refractivity (Wildman–Crippen MR) is 80.7 cm³/mol. The fourth-order valence-electron chi connectivity index (χ4n) is 1.89. The maximum atomic E-state index is 13.2. The third-order valence-corrected chi connectivity index (χ3v) is 4.04. The molecule has 0 saturated carbocycles. The van der Waals surface area contributed by atoms with Crippen molar-refractivity contribution in [2.75, 3.05) is 19.0 Å². The molecule has 1 heterocycles. The second-order valence-corrected chi connectivity index (χ2v) is 5.25. The van der Waals surface area contributed by atoms with E-state index in [0.717, 1.165) is 29.7 Å². The summed E-state index contributed by atoms with van der Waals surface area (Å²) in [6.07, 6.45) is 0. The van der Waals surface area contributed by atoms with Crippen LogP contribution in [0.1, 0.15) is 12.5 Å². The minimum Gasteiger partial charge on any atom is -0.298 e. The van der Waals surface area contributed by atoms with Crippen molar-refractivity contribution in [1.29, 1.82) is 0 Å². The van der Waals surface area contributed by atoms with Crippen molar-refractivity contribution in [2.24, 2.45) is 0 Å². The van der Waals surface area contributed by atoms with Gasteiger partial charge in [-0.3, -0.25) is 4.90 Å². The van der Waals surface area contributed by atoms with E-state index in [1.165, 1.54) is 11.6 Å². The van der Waals surface area contributed by atoms with E-state index in [1.54, 1.807) is 17.4 Å². The van der Waals surface area contributed by atoms with Gasteiger partial charge in [-0.2, -0.15) is 0 Å². The zero-order chi connectivity index (χ0) is 12.3. The number of nitrogens with zero attached hydrogens (tertiary/aromatic N) is 1. The molecule has 0 aliphatic rings. The quantitative estimate of drug-likeness (QED) is 0.734. The van der Waals surface area contributed by atoms with E-state index in [0.29, 0.717) is 5.88 Å². The second kappa shape index (κ2) is 7.29. The Morgan fingerprint density at radius 1 is 1.39 bits per heavy atom. The molecule has 0 amide bonds. The van der Waals surface area contributed by atoms with Crippen LogP contribution in [0.15, 0.2) is 23.6 Å². The third-order valence-electron chi connectivity index (χ3n) is 2.86. The molecule has 0 aliphatic heterocycles. The summed E-state index contributed by atoms with van der Waals surface area (Å²) in [5.41, 5.74) is 1.19. The molecule has 0 bridgehead atoms. The highest BCUT2D eigenvalue weighted by molar-refractivity contribution is 7.17. The lowest BCUT2D eigenvalue weighted by atomic mass is 10.1. The largest absolute Gasteiger partial charge is 0.298 e. The molecular formula is C13H16Cl2FNS. The van der Waals surface area contributed by atoms with Gasteiger partial charge < -0.3 is 0 Å². The lowest BCUT2D eigenvalue weighted by Gasteiger charge is -2.18. The van der Waals surface area contributed by atoms with Crippen LogP contribution < -0.4 is 0 Å². The van der Waals surface area contributed by atoms with E-state index < -0.39 is 0 Å². The van der Waals surface area contributed by atoms with Gasteiger partial charge in [-0.05, 0) is 41.1 Å². The maximum Gasteiger partial charge on any atom is 0.123 e. The highest BCUT2D eigenvalue weighted by Gasteiger charge is 2.09. The van der Waals surface area contributed by atoms with Crippen LogP contribution in [0.2, 0.25) is 0 Å². The molecule has 0 saturated heterocycles. The van der Waals surface area contributed by atoms with Crippen molar-refractivity contribution in [3.63, 3.8) is 0 Å². The summed E-state index contributed by atoms with van der Waals surface area (Å²) in [6, 6.07) is 4.98. The van der Waals surface area contributed by atoms with Crippen molar-refractivity contribution in [3.8, 4) is 0 Å². The maximum absolute atomic E-state index is 13.2. The average molecular weight is 308 g/mol. The Bertz CT molecular complexity index is 501. The first-order valence-corrected chi connectivity index (χ1v) is 7.10. The van der Waals surface area contributed by atoms with E-state index in [-0.39, 0.29) is 18.2 Å². The molecule has 0 N–H and O–H groups in total. The Hall–Kier alpha value is -0.350. The van der Waals surface area contributed by atoms with Crippen molar-refractivity contribution >= 4 is 45.4 Å². The summed E-state index contributed by atoms with van der Waals surface area (Å²) in [6.45, 7) is 4.78. The number of hydrogen-bond acceptors (Lipinski definition) is 2. The van der Waals surface area contributed by atoms with Crippen LogP contribution in [-0.4, -0.2) is 23.9 Å². The molecule has 5 heteroatoms. The van der Waals surface area contributed by atoms with Crippen LogP contribution in [0, 0.1) is 5.82 Å². The van der Waals surface area contributed by atoms with Gasteiger partial charge in [0.1, 0.15) is 5.82 Å². The van der Waals surface area contributed by atoms with Gasteiger partial charge in [0.05, 0.1) is 0 Å². The van der Waals surface area contributed by atoms with Crippen LogP contribution in [0.25, 0.3) is 10.1 Å². The standard InChI is InChI=1S/C13H15ClFNS.ClH/c1-2-16(6-5-14)8-10-9-17-13-4-3-11(15)7-12(10)13;/h3-4,7,9H,2,5-6,8H2,1H3;1H. The first-order valence-electron chi connectivity index (χ1n) is 5.68. The average Bonchev–Trinajstić information content (AvgIpc) is 2.71. The Labute approximate surface area is 122 Å². The first kappa shape index (κ1) is 15.7. The highest BCUT2D eigenvalue weighted by atomic mass is 35.5. The van der Waals surface area contributed by atoms with Gasteiger partial charge in [-0.1, -0.05) is 6.92 Å². The van der Waals surface area contributed by atoms with Crippen molar-refractivity contribution < 1.29 is 4.39 Å². The number of rotatable bonds is 5. The van der Waals surface area contributed by atoms with Crippen molar-refractivity contribution in [1.82, 2.24) is 4.90 Å². The lowest BCUT2D eigenvalue weighted by molar-refractivity contribution is 0.299. The smallest absolute Gasteiger partial charge is 0.123 e. The van der Waals surface area contributed by atoms with Crippen LogP contribution in [0.5, 0.6) is 0 Å². The van der Waals surface area contributed by atoms with E-state index in [2.05, 4.69) is 17.2 Å². The summed E-state index contributed by atoms with van der Waals surface area (Å²) < 4.78 is 14.4. The molecule has 0 spiro atoms. The molecule has 0 radical (unpaired) electrons. The molecular weight excluding hydrogens is 292 g/mol. The van der Waals surface area contributed by atoms with Gasteiger partial charge in [-0.15, -0.1) is 35.3 Å². The fourth-order valence-corrected chi connectivity index (χ4v) is 3.06. The molecule has 1 aromatic heterocycles. The Balaban J connectivity index is 0.00000162. The summed E-state index contributed by atoms with van der Waals surface area (Å²) in [7, 11) is 0. The Morgan fingerprint density at radius 2 is 2.17 bits per heavy atom. The lowest BCUT2D eigenvalue weighted by Crippen LogP contribution is -2.24. The van der Waals surface area contributed by atoms with Crippen LogP contribution in [-0.2, 0) is 6.54 Å². The molecule has 0 fully saturated rings. The third kappa shape index (κ3) is 3.58. The van der Waals surface area contributed by atoms with Gasteiger partial charge in [0.2, 0.25) is 0 Å². The highest BCUT2D eigenvalue weighted by Crippen LogP contribution is 2.27. The Morgan fingerprint density at radius 3 is 2.83 bits per heavy atom. The molecule has 100 valence electrons. The van der Waals surface area contributed by atoms with E-state index in [9.17, 15) is 4.39 Å². The number of benzene rings is 1. The second-order valence-electron chi connectivity index (χ2n) is 3.96. The summed E-state index contributed by atoms with van der Waals surface area (Å²) >= 11 is 7.43. The zero-order valence-corrected chi connectivity index (χ0v) is 12.5. The Kier molecular flexibility index (Phi) is 6.36. The van der Waals surface area contributed by atoms with Crippen molar-refractivity contribution in [3.05, 3.63) is 35.0 Å². The topological polar surface area (TPSA) is 3.24 Å². The summed E-state index contributed by atoms with van der Waals surface area (Å²) in [4.78, 5) is 2.26. The molecule has 0 aliphatic carbocycles. The molecule has 1 nitrogen and oxygen atoms in total. The summed E-state index contributed by atoms with van der Waals surface area (Å²) in [5, 5.41) is 3.14. The van der Waals surface area contributed by atoms with Gasteiger partial charge in [0.25, 0.3) is 0 Å². The van der Waals surface area contributed by atoms with Gasteiger partial charge >= 0.3 is 0 Å². The van der Waals surface area contributed by atoms with Crippen LogP contribution >= 0.6 is 35.3 Å². The minimum atomic E-state index is -0.169. The van der Waals surface area contributed by atoms with Crippen molar-refractivity contribution in [2.45, 2.75) is 13.5 Å². The minimum absolute atomic E-state index is 0. The van der Waals surface area contributed by atoms with Crippen LogP contribution in [0.4, 0.5) is 4.39 Å². The molecule has 2 rings (SSSR count). The van der Waals surface area contributed by atoms with Gasteiger partial charge in [0.15, 0.2) is 0 Å². The number of hydrogen-bond donors (Lipinski definition) is 0. The molecule has 0 unspecified atom stereocenters. The number of halogens is 3. The molecule has 0 atom stereocenters. The van der Waals surface area contributed by atoms with Gasteiger partial charge in [-0.25, -0.2) is 4.39 Å². The first-order chi connectivity index (χ1) is 8.24. The van der Waals surface area contributed by atoms with E-state index in [1.807, 2.05) is 6.07 Å². The molecule has 18 heavy (non-hydrogen) atoms. The number of thiophene rings is 1. The molecule has 2 aromatic rings. The van der Waals surface area contributed by atoms with Crippen LogP contribution in [0.3, 0.4) is 0 Å². The van der Waals surface area contributed by atoms with Gasteiger partial charge in [0, 0.05) is 23.7 Å². The predicted octanol–water partition coefficient (Wildman–Crippen LogP) is 4.52.